The minimum absolute atomic E-state index is 0.0316. The normalized spacial score (nSPS) is 11.5. The maximum Gasteiger partial charge on any atom is 0.316 e. The van der Waals surface area contributed by atoms with E-state index < -0.39 is 5.60 Å². The van der Waals surface area contributed by atoms with Crippen molar-refractivity contribution in [3.8, 4) is 5.88 Å². The molecular weight excluding hydrogens is 278 g/mol. The summed E-state index contributed by atoms with van der Waals surface area (Å²) in [4.78, 5) is 19.7. The van der Waals surface area contributed by atoms with Gasteiger partial charge in [0.2, 0.25) is 5.88 Å². The average Bonchev–Trinajstić information content (AvgIpc) is 2.27. The zero-order valence-electron chi connectivity index (χ0n) is 12.5. The fourth-order valence-electron chi connectivity index (χ4n) is 1.29. The Labute approximate surface area is 123 Å². The van der Waals surface area contributed by atoms with Gasteiger partial charge in [0.15, 0.2) is 0 Å². The number of aromatic nitrogens is 2. The molecule has 112 valence electrons. The Morgan fingerprint density at radius 3 is 2.60 bits per heavy atom. The second-order valence-electron chi connectivity index (χ2n) is 5.44. The zero-order chi connectivity index (χ0) is 15.3. The standard InChI is InChI=1S/C13H21N3O3S/c1-8(2)18-11-10(14)12(16-7-15-11)20-6-9(17)19-13(3,4)5/h7-8H,6,14H2,1-5H3. The van der Waals surface area contributed by atoms with Crippen molar-refractivity contribution in [1.29, 1.82) is 0 Å². The Kier molecular flexibility index (Phi) is 5.62. The molecule has 0 aliphatic heterocycles. The number of hydrogen-bond acceptors (Lipinski definition) is 7. The van der Waals surface area contributed by atoms with Crippen LogP contribution in [0.4, 0.5) is 5.69 Å². The van der Waals surface area contributed by atoms with Gasteiger partial charge in [0.05, 0.1) is 11.9 Å². The number of ether oxygens (including phenoxy) is 2. The smallest absolute Gasteiger partial charge is 0.316 e. The summed E-state index contributed by atoms with van der Waals surface area (Å²) in [6.45, 7) is 9.24. The minimum atomic E-state index is -0.499. The molecule has 1 heterocycles. The average molecular weight is 299 g/mol. The number of hydrogen-bond donors (Lipinski definition) is 1. The fraction of sp³-hybridized carbons (Fsp3) is 0.615. The minimum Gasteiger partial charge on any atom is -0.473 e. The van der Waals surface area contributed by atoms with Gasteiger partial charge in [0.1, 0.15) is 22.6 Å². The molecule has 0 fully saturated rings. The van der Waals surface area contributed by atoms with Crippen LogP contribution in [0, 0.1) is 0 Å². The molecule has 0 aliphatic rings. The molecule has 7 heteroatoms. The van der Waals surface area contributed by atoms with Crippen molar-refractivity contribution < 1.29 is 14.3 Å². The van der Waals surface area contributed by atoms with Crippen molar-refractivity contribution in [2.24, 2.45) is 0 Å². The lowest BCUT2D eigenvalue weighted by Crippen LogP contribution is -2.25. The Bertz CT molecular complexity index is 472. The van der Waals surface area contributed by atoms with Gasteiger partial charge in [0.25, 0.3) is 0 Å². The molecule has 0 atom stereocenters. The van der Waals surface area contributed by atoms with Crippen LogP contribution in [-0.4, -0.2) is 33.4 Å². The second kappa shape index (κ2) is 6.78. The van der Waals surface area contributed by atoms with Crippen molar-refractivity contribution in [1.82, 2.24) is 9.97 Å². The van der Waals surface area contributed by atoms with Gasteiger partial charge in [0, 0.05) is 0 Å². The molecular formula is C13H21N3O3S. The van der Waals surface area contributed by atoms with Crippen LogP contribution in [0.2, 0.25) is 0 Å². The third kappa shape index (κ3) is 5.64. The summed E-state index contributed by atoms with van der Waals surface area (Å²) >= 11 is 1.21. The van der Waals surface area contributed by atoms with Gasteiger partial charge in [-0.3, -0.25) is 4.79 Å². The Balaban J connectivity index is 2.67. The fourth-order valence-corrected chi connectivity index (χ4v) is 1.97. The van der Waals surface area contributed by atoms with Crippen molar-refractivity contribution >= 4 is 23.4 Å². The highest BCUT2D eigenvalue weighted by molar-refractivity contribution is 8.00. The molecule has 1 aromatic heterocycles. The van der Waals surface area contributed by atoms with E-state index in [-0.39, 0.29) is 17.8 Å². The molecule has 0 aromatic carbocycles. The lowest BCUT2D eigenvalue weighted by molar-refractivity contribution is -0.151. The van der Waals surface area contributed by atoms with Crippen LogP contribution in [-0.2, 0) is 9.53 Å². The topological polar surface area (TPSA) is 87.3 Å². The third-order valence-electron chi connectivity index (χ3n) is 1.90. The van der Waals surface area contributed by atoms with Gasteiger partial charge in [-0.15, -0.1) is 0 Å². The Morgan fingerprint density at radius 2 is 2.05 bits per heavy atom. The first kappa shape index (κ1) is 16.6. The van der Waals surface area contributed by atoms with Crippen LogP contribution >= 0.6 is 11.8 Å². The third-order valence-corrected chi connectivity index (χ3v) is 2.88. The second-order valence-corrected chi connectivity index (χ2v) is 6.40. The summed E-state index contributed by atoms with van der Waals surface area (Å²) in [5, 5.41) is 0.515. The highest BCUT2D eigenvalue weighted by Gasteiger charge is 2.18. The summed E-state index contributed by atoms with van der Waals surface area (Å²) in [5.41, 5.74) is 5.77. The van der Waals surface area contributed by atoms with Gasteiger partial charge in [-0.25, -0.2) is 4.98 Å². The van der Waals surface area contributed by atoms with Crippen LogP contribution in [0.5, 0.6) is 5.88 Å². The van der Waals surface area contributed by atoms with Gasteiger partial charge in [-0.05, 0) is 34.6 Å². The lowest BCUT2D eigenvalue weighted by atomic mass is 10.2. The van der Waals surface area contributed by atoms with Crippen LogP contribution in [0.25, 0.3) is 0 Å². The highest BCUT2D eigenvalue weighted by atomic mass is 32.2. The maximum absolute atomic E-state index is 11.6. The Morgan fingerprint density at radius 1 is 1.40 bits per heavy atom. The molecule has 2 N–H and O–H groups in total. The summed E-state index contributed by atoms with van der Waals surface area (Å²) in [7, 11) is 0. The first-order valence-corrected chi connectivity index (χ1v) is 7.29. The number of nitrogens with zero attached hydrogens (tertiary/aromatic N) is 2. The lowest BCUT2D eigenvalue weighted by Gasteiger charge is -2.19. The van der Waals surface area contributed by atoms with E-state index in [0.29, 0.717) is 16.6 Å². The van der Waals surface area contributed by atoms with Crippen molar-refractivity contribution in [3.05, 3.63) is 6.33 Å². The molecule has 1 aromatic rings. The molecule has 0 saturated heterocycles. The quantitative estimate of drug-likeness (QED) is 0.507. The van der Waals surface area contributed by atoms with Crippen LogP contribution in [0.15, 0.2) is 11.4 Å². The first-order chi connectivity index (χ1) is 9.19. The monoisotopic (exact) mass is 299 g/mol. The molecule has 0 radical (unpaired) electrons. The van der Waals surface area contributed by atoms with Crippen molar-refractivity contribution in [2.75, 3.05) is 11.5 Å². The summed E-state index contributed by atoms with van der Waals surface area (Å²) in [6, 6.07) is 0. The number of carbonyl (C=O) groups is 1. The van der Waals surface area contributed by atoms with E-state index >= 15 is 0 Å². The highest BCUT2D eigenvalue weighted by Crippen LogP contribution is 2.29. The predicted octanol–water partition coefficient (Wildman–Crippen LogP) is 2.28. The maximum atomic E-state index is 11.6. The van der Waals surface area contributed by atoms with Crippen molar-refractivity contribution in [2.45, 2.75) is 51.3 Å². The van der Waals surface area contributed by atoms with E-state index in [1.807, 2.05) is 34.6 Å². The molecule has 20 heavy (non-hydrogen) atoms. The van der Waals surface area contributed by atoms with E-state index in [0.717, 1.165) is 0 Å². The molecule has 6 nitrogen and oxygen atoms in total. The van der Waals surface area contributed by atoms with Crippen LogP contribution in [0.3, 0.4) is 0 Å². The summed E-state index contributed by atoms with van der Waals surface area (Å²) in [6.07, 6.45) is 1.33. The SMILES string of the molecule is CC(C)Oc1ncnc(SCC(=O)OC(C)(C)C)c1N. The molecule has 1 rings (SSSR count). The molecule has 0 unspecified atom stereocenters. The number of anilines is 1. The number of thioether (sulfide) groups is 1. The largest absolute Gasteiger partial charge is 0.473 e. The van der Waals surface area contributed by atoms with E-state index in [1.165, 1.54) is 18.1 Å². The van der Waals surface area contributed by atoms with Gasteiger partial charge < -0.3 is 15.2 Å². The summed E-state index contributed by atoms with van der Waals surface area (Å²) < 4.78 is 10.7. The molecule has 0 saturated carbocycles. The van der Waals surface area contributed by atoms with E-state index in [1.54, 1.807) is 0 Å². The molecule has 0 amide bonds. The van der Waals surface area contributed by atoms with Gasteiger partial charge in [-0.2, -0.15) is 4.98 Å². The number of rotatable bonds is 5. The van der Waals surface area contributed by atoms with Crippen LogP contribution in [0.1, 0.15) is 34.6 Å². The zero-order valence-corrected chi connectivity index (χ0v) is 13.3. The van der Waals surface area contributed by atoms with E-state index in [9.17, 15) is 4.79 Å². The van der Waals surface area contributed by atoms with E-state index in [2.05, 4.69) is 9.97 Å². The van der Waals surface area contributed by atoms with Gasteiger partial charge in [-0.1, -0.05) is 11.8 Å². The number of nitrogens with two attached hydrogens (primary N) is 1. The van der Waals surface area contributed by atoms with Crippen LogP contribution < -0.4 is 10.5 Å². The summed E-state index contributed by atoms with van der Waals surface area (Å²) in [5.74, 6) is 0.160. The van der Waals surface area contributed by atoms with E-state index in [4.69, 9.17) is 15.2 Å². The van der Waals surface area contributed by atoms with Gasteiger partial charge >= 0.3 is 5.97 Å². The molecule has 0 bridgehead atoms. The number of esters is 1. The first-order valence-electron chi connectivity index (χ1n) is 6.31. The number of carbonyl (C=O) groups excluding carboxylic acids is 1. The number of nitrogen functional groups attached to an aromatic ring is 1. The predicted molar refractivity (Wildman–Crippen MR) is 78.8 cm³/mol. The Hall–Kier alpha value is -1.50. The molecule has 0 spiro atoms. The van der Waals surface area contributed by atoms with Crippen molar-refractivity contribution in [3.63, 3.8) is 0 Å². The molecule has 0 aliphatic carbocycles.